The minimum absolute atomic E-state index is 0.242. The Morgan fingerprint density at radius 1 is 1.06 bits per heavy atom. The number of aliphatic hydroxyl groups is 1. The zero-order chi connectivity index (χ0) is 22.3. The smallest absolute Gasteiger partial charge is 0.233 e. The SMILES string of the molecule is C[C@@H]1C[C@@H](O)c2ncnc(N3CCN(C(=O)C4(c5ccc(Cl)cc5)CCCCC4)CC3)c21. The van der Waals surface area contributed by atoms with Crippen molar-refractivity contribution in [3.63, 3.8) is 0 Å². The van der Waals surface area contributed by atoms with Gasteiger partial charge in [0.25, 0.3) is 0 Å². The van der Waals surface area contributed by atoms with Crippen LogP contribution in [0.15, 0.2) is 30.6 Å². The van der Waals surface area contributed by atoms with Crippen LogP contribution in [0.5, 0.6) is 0 Å². The fourth-order valence-electron chi connectivity index (χ4n) is 5.93. The van der Waals surface area contributed by atoms with E-state index in [-0.39, 0.29) is 11.8 Å². The number of piperazine rings is 1. The summed E-state index contributed by atoms with van der Waals surface area (Å²) in [7, 11) is 0. The first-order chi connectivity index (χ1) is 15.5. The molecule has 1 N–H and O–H groups in total. The number of carbonyl (C=O) groups excluding carboxylic acids is 1. The lowest BCUT2D eigenvalue weighted by Crippen LogP contribution is -2.55. The Labute approximate surface area is 194 Å². The van der Waals surface area contributed by atoms with Gasteiger partial charge in [0.15, 0.2) is 0 Å². The third kappa shape index (κ3) is 3.67. The minimum atomic E-state index is -0.504. The fraction of sp³-hybridized carbons (Fsp3) is 0.560. The van der Waals surface area contributed by atoms with Gasteiger partial charge < -0.3 is 14.9 Å². The number of nitrogens with zero attached hydrogens (tertiary/aromatic N) is 4. The third-order valence-corrected chi connectivity index (χ3v) is 7.91. The molecule has 2 aromatic rings. The number of benzene rings is 1. The quantitative estimate of drug-likeness (QED) is 0.751. The lowest BCUT2D eigenvalue weighted by atomic mass is 9.68. The second kappa shape index (κ2) is 8.64. The normalized spacial score (nSPS) is 25.0. The fourth-order valence-corrected chi connectivity index (χ4v) is 6.05. The highest BCUT2D eigenvalue weighted by molar-refractivity contribution is 6.30. The molecule has 0 spiro atoms. The van der Waals surface area contributed by atoms with Crippen molar-refractivity contribution in [1.82, 2.24) is 14.9 Å². The molecule has 2 fully saturated rings. The van der Waals surface area contributed by atoms with E-state index in [1.54, 1.807) is 6.33 Å². The van der Waals surface area contributed by atoms with Crippen LogP contribution in [0.1, 0.15) is 74.3 Å². The lowest BCUT2D eigenvalue weighted by molar-refractivity contribution is -0.139. The molecule has 6 nitrogen and oxygen atoms in total. The number of carbonyl (C=O) groups is 1. The molecule has 7 heteroatoms. The van der Waals surface area contributed by atoms with Crippen molar-refractivity contribution in [2.24, 2.45) is 0 Å². The number of rotatable bonds is 3. The summed E-state index contributed by atoms with van der Waals surface area (Å²) in [6, 6.07) is 7.89. The predicted molar refractivity (Wildman–Crippen MR) is 125 cm³/mol. The van der Waals surface area contributed by atoms with Crippen LogP contribution in [0, 0.1) is 0 Å². The molecule has 5 rings (SSSR count). The molecule has 1 saturated carbocycles. The van der Waals surface area contributed by atoms with E-state index in [9.17, 15) is 9.90 Å². The molecule has 3 aliphatic rings. The molecule has 1 amide bonds. The highest BCUT2D eigenvalue weighted by Crippen LogP contribution is 2.44. The van der Waals surface area contributed by atoms with Crippen molar-refractivity contribution in [2.75, 3.05) is 31.1 Å². The van der Waals surface area contributed by atoms with Gasteiger partial charge in [0.05, 0.1) is 17.2 Å². The zero-order valence-electron chi connectivity index (χ0n) is 18.6. The van der Waals surface area contributed by atoms with E-state index in [2.05, 4.69) is 26.7 Å². The number of aliphatic hydroxyl groups excluding tert-OH is 1. The van der Waals surface area contributed by atoms with E-state index in [0.29, 0.717) is 24.5 Å². The summed E-state index contributed by atoms with van der Waals surface area (Å²) in [5.74, 6) is 1.43. The molecule has 1 aromatic carbocycles. The second-order valence-corrected chi connectivity index (χ2v) is 10.0. The van der Waals surface area contributed by atoms with E-state index in [1.165, 1.54) is 6.42 Å². The van der Waals surface area contributed by atoms with Crippen LogP contribution in [0.4, 0.5) is 5.82 Å². The molecule has 2 atom stereocenters. The standard InChI is InChI=1S/C25H31ClN4O2/c1-17-15-20(31)22-21(17)23(28-16-27-22)29-11-13-30(14-12-29)24(32)25(9-3-2-4-10-25)18-5-7-19(26)8-6-18/h5-8,16-17,20,31H,2-4,9-15H2,1H3/t17-,20-/m1/s1. The van der Waals surface area contributed by atoms with Gasteiger partial charge in [-0.1, -0.05) is 49.9 Å². The van der Waals surface area contributed by atoms with Crippen LogP contribution in [-0.2, 0) is 10.2 Å². The van der Waals surface area contributed by atoms with Crippen LogP contribution in [0.25, 0.3) is 0 Å². The summed E-state index contributed by atoms with van der Waals surface area (Å²) in [4.78, 5) is 27.1. The average Bonchev–Trinajstić information content (AvgIpc) is 3.13. The number of aromatic nitrogens is 2. The average molecular weight is 455 g/mol. The number of fused-ring (bicyclic) bond motifs is 1. The summed E-state index contributed by atoms with van der Waals surface area (Å²) in [5, 5.41) is 11.0. The van der Waals surface area contributed by atoms with E-state index in [4.69, 9.17) is 11.6 Å². The van der Waals surface area contributed by atoms with Crippen molar-refractivity contribution in [1.29, 1.82) is 0 Å². The molecule has 1 saturated heterocycles. The van der Waals surface area contributed by atoms with Crippen LogP contribution < -0.4 is 4.90 Å². The molecule has 170 valence electrons. The zero-order valence-corrected chi connectivity index (χ0v) is 19.4. The van der Waals surface area contributed by atoms with Crippen LogP contribution in [0.3, 0.4) is 0 Å². The Hall–Kier alpha value is -2.18. The van der Waals surface area contributed by atoms with Crippen molar-refractivity contribution >= 4 is 23.3 Å². The van der Waals surface area contributed by atoms with Gasteiger partial charge in [0, 0.05) is 36.8 Å². The maximum Gasteiger partial charge on any atom is 0.233 e. The minimum Gasteiger partial charge on any atom is -0.387 e. The van der Waals surface area contributed by atoms with Crippen LogP contribution in [0.2, 0.25) is 5.02 Å². The van der Waals surface area contributed by atoms with E-state index in [1.807, 2.05) is 24.3 Å². The van der Waals surface area contributed by atoms with E-state index < -0.39 is 11.5 Å². The molecule has 0 unspecified atom stereocenters. The summed E-state index contributed by atoms with van der Waals surface area (Å²) in [6.45, 7) is 4.98. The third-order valence-electron chi connectivity index (χ3n) is 7.66. The van der Waals surface area contributed by atoms with Gasteiger partial charge in [0.1, 0.15) is 12.1 Å². The van der Waals surface area contributed by atoms with Crippen LogP contribution in [-0.4, -0.2) is 52.1 Å². The van der Waals surface area contributed by atoms with Crippen molar-refractivity contribution in [3.05, 3.63) is 52.4 Å². The maximum atomic E-state index is 13.9. The van der Waals surface area contributed by atoms with Crippen molar-refractivity contribution in [3.8, 4) is 0 Å². The van der Waals surface area contributed by atoms with Crippen LogP contribution >= 0.6 is 11.6 Å². The predicted octanol–water partition coefficient (Wildman–Crippen LogP) is 4.22. The Morgan fingerprint density at radius 2 is 1.75 bits per heavy atom. The number of anilines is 1. The summed E-state index contributed by atoms with van der Waals surface area (Å²) >= 11 is 6.13. The monoisotopic (exact) mass is 454 g/mol. The van der Waals surface area contributed by atoms with Gasteiger partial charge in [-0.25, -0.2) is 9.97 Å². The molecule has 0 radical (unpaired) electrons. The maximum absolute atomic E-state index is 13.9. The number of amides is 1. The first kappa shape index (κ1) is 21.7. The second-order valence-electron chi connectivity index (χ2n) is 9.58. The van der Waals surface area contributed by atoms with Gasteiger partial charge >= 0.3 is 0 Å². The van der Waals surface area contributed by atoms with Crippen molar-refractivity contribution < 1.29 is 9.90 Å². The topological polar surface area (TPSA) is 69.6 Å². The van der Waals surface area contributed by atoms with Gasteiger partial charge in [-0.3, -0.25) is 4.79 Å². The Balaban J connectivity index is 1.35. The Kier molecular flexibility index (Phi) is 5.84. The summed E-state index contributed by atoms with van der Waals surface area (Å²) < 4.78 is 0. The Morgan fingerprint density at radius 3 is 2.44 bits per heavy atom. The van der Waals surface area contributed by atoms with Gasteiger partial charge in [-0.05, 0) is 42.9 Å². The summed E-state index contributed by atoms with van der Waals surface area (Å²) in [6.07, 6.45) is 6.93. The van der Waals surface area contributed by atoms with Gasteiger partial charge in [0.2, 0.25) is 5.91 Å². The Bertz CT molecular complexity index is 982. The molecular weight excluding hydrogens is 424 g/mol. The highest BCUT2D eigenvalue weighted by Gasteiger charge is 2.44. The molecule has 32 heavy (non-hydrogen) atoms. The molecular formula is C25H31ClN4O2. The molecule has 0 bridgehead atoms. The molecule has 1 aliphatic heterocycles. The first-order valence-corrected chi connectivity index (χ1v) is 12.2. The first-order valence-electron chi connectivity index (χ1n) is 11.8. The number of halogens is 1. The summed E-state index contributed by atoms with van der Waals surface area (Å²) in [5.41, 5.74) is 2.51. The van der Waals surface area contributed by atoms with E-state index >= 15 is 0 Å². The number of hydrogen-bond acceptors (Lipinski definition) is 5. The van der Waals surface area contributed by atoms with Gasteiger partial charge in [-0.15, -0.1) is 0 Å². The molecule has 2 aliphatic carbocycles. The highest BCUT2D eigenvalue weighted by atomic mass is 35.5. The van der Waals surface area contributed by atoms with E-state index in [0.717, 1.165) is 61.4 Å². The molecule has 1 aromatic heterocycles. The molecule has 2 heterocycles. The van der Waals surface area contributed by atoms with Gasteiger partial charge in [-0.2, -0.15) is 0 Å². The number of hydrogen-bond donors (Lipinski definition) is 1. The largest absolute Gasteiger partial charge is 0.387 e. The lowest BCUT2D eigenvalue weighted by Gasteiger charge is -2.43. The van der Waals surface area contributed by atoms with Crippen molar-refractivity contribution in [2.45, 2.75) is 62.9 Å².